The Morgan fingerprint density at radius 2 is 1.33 bits per heavy atom. The average Bonchev–Trinajstić information content (AvgIpc) is 2.85. The number of allylic oxidation sites excluding steroid dienone is 2. The molecule has 2 aliphatic carbocycles. The van der Waals surface area contributed by atoms with Crippen LogP contribution in [0.4, 0.5) is 0 Å². The molecule has 2 rings (SSSR count). The average molecular weight is 212 g/mol. The lowest BCUT2D eigenvalue weighted by atomic mass is 9.82. The zero-order valence-electron chi connectivity index (χ0n) is 11.8. The Morgan fingerprint density at radius 3 is 1.87 bits per heavy atom. The van der Waals surface area contributed by atoms with Crippen molar-refractivity contribution in [3.05, 3.63) is 12.2 Å². The number of rotatable bonds is 0. The summed E-state index contributed by atoms with van der Waals surface area (Å²) in [5.41, 5.74) is 0. The van der Waals surface area contributed by atoms with Gasteiger partial charge in [0.15, 0.2) is 0 Å². The minimum atomic E-state index is 0.985. The summed E-state index contributed by atoms with van der Waals surface area (Å²) < 4.78 is 0. The van der Waals surface area contributed by atoms with E-state index in [-0.39, 0.29) is 0 Å². The van der Waals surface area contributed by atoms with Crippen molar-refractivity contribution >= 4 is 0 Å². The first-order valence-electron chi connectivity index (χ1n) is 7.13. The lowest BCUT2D eigenvalue weighted by molar-refractivity contribution is 0.304. The topological polar surface area (TPSA) is 0 Å². The van der Waals surface area contributed by atoms with Crippen molar-refractivity contribution in [1.82, 2.24) is 0 Å². The van der Waals surface area contributed by atoms with Gasteiger partial charge in [-0.3, -0.25) is 0 Å². The van der Waals surface area contributed by atoms with E-state index in [1.807, 2.05) is 41.5 Å². The van der Waals surface area contributed by atoms with Gasteiger partial charge in [-0.1, -0.05) is 66.5 Å². The van der Waals surface area contributed by atoms with Gasteiger partial charge in [0.25, 0.3) is 0 Å². The van der Waals surface area contributed by atoms with Crippen LogP contribution >= 0.6 is 0 Å². The Kier molecular flexibility index (Phi) is 15.7. The molecule has 0 aliphatic heterocycles. The molecule has 0 heteroatoms. The van der Waals surface area contributed by atoms with Crippen LogP contribution in [-0.2, 0) is 0 Å². The molecule has 0 aromatic heterocycles. The van der Waals surface area contributed by atoms with Gasteiger partial charge in [0, 0.05) is 0 Å². The van der Waals surface area contributed by atoms with Crippen LogP contribution in [0.5, 0.6) is 0 Å². The third-order valence-corrected chi connectivity index (χ3v) is 2.79. The minimum absolute atomic E-state index is 0.985. The molecule has 0 bridgehead atoms. The fourth-order valence-corrected chi connectivity index (χ4v) is 2.21. The predicted molar refractivity (Wildman–Crippen MR) is 73.2 cm³/mol. The van der Waals surface area contributed by atoms with E-state index in [4.69, 9.17) is 0 Å². The summed E-state index contributed by atoms with van der Waals surface area (Å²) in [5, 5.41) is 0. The van der Waals surface area contributed by atoms with Crippen molar-refractivity contribution in [3.8, 4) is 0 Å². The van der Waals surface area contributed by atoms with Crippen LogP contribution in [0.25, 0.3) is 0 Å². The first kappa shape index (κ1) is 17.1. The molecule has 2 atom stereocenters. The summed E-state index contributed by atoms with van der Waals surface area (Å²) in [7, 11) is 0. The molecule has 0 heterocycles. The second-order valence-corrected chi connectivity index (χ2v) is 3.37. The fourth-order valence-electron chi connectivity index (χ4n) is 2.21. The number of hydrogen-bond donors (Lipinski definition) is 0. The lowest BCUT2D eigenvalue weighted by Crippen LogP contribution is -2.12. The second kappa shape index (κ2) is 13.7. The van der Waals surface area contributed by atoms with Crippen LogP contribution in [0.1, 0.15) is 73.6 Å². The zero-order valence-corrected chi connectivity index (χ0v) is 11.8. The molecule has 0 radical (unpaired) electrons. The van der Waals surface area contributed by atoms with E-state index in [9.17, 15) is 0 Å². The molecule has 15 heavy (non-hydrogen) atoms. The van der Waals surface area contributed by atoms with Crippen LogP contribution in [0.2, 0.25) is 0 Å². The van der Waals surface area contributed by atoms with Gasteiger partial charge in [0.2, 0.25) is 0 Å². The molecule has 0 aromatic carbocycles. The summed E-state index contributed by atoms with van der Waals surface area (Å²) in [6, 6.07) is 0. The summed E-state index contributed by atoms with van der Waals surface area (Å²) in [6.45, 7) is 12.0. The Balaban J connectivity index is 0. The summed E-state index contributed by atoms with van der Waals surface area (Å²) in [6.07, 6.45) is 12.1. The molecule has 0 spiro atoms. The molecule has 92 valence electrons. The van der Waals surface area contributed by atoms with Crippen molar-refractivity contribution in [1.29, 1.82) is 0 Å². The van der Waals surface area contributed by atoms with Gasteiger partial charge >= 0.3 is 0 Å². The monoisotopic (exact) mass is 212 g/mol. The van der Waals surface area contributed by atoms with Gasteiger partial charge in [0.1, 0.15) is 0 Å². The highest BCUT2D eigenvalue weighted by Crippen LogP contribution is 2.37. The van der Waals surface area contributed by atoms with Crippen LogP contribution in [0.15, 0.2) is 12.2 Å². The Hall–Kier alpha value is -0.260. The molecule has 0 nitrogen and oxygen atoms in total. The summed E-state index contributed by atoms with van der Waals surface area (Å²) in [4.78, 5) is 0. The van der Waals surface area contributed by atoms with E-state index in [1.165, 1.54) is 32.1 Å². The third-order valence-electron chi connectivity index (χ3n) is 2.79. The quantitative estimate of drug-likeness (QED) is 0.443. The van der Waals surface area contributed by atoms with Crippen molar-refractivity contribution in [2.45, 2.75) is 73.6 Å². The highest BCUT2D eigenvalue weighted by atomic mass is 14.3. The number of hydrogen-bond acceptors (Lipinski definition) is 0. The maximum Gasteiger partial charge on any atom is -0.0202 e. The second-order valence-electron chi connectivity index (χ2n) is 3.37. The Labute approximate surface area is 98.2 Å². The predicted octanol–water partition coefficient (Wildman–Crippen LogP) is 5.83. The lowest BCUT2D eigenvalue weighted by Gasteiger charge is -2.23. The first-order valence-corrected chi connectivity index (χ1v) is 7.13. The van der Waals surface area contributed by atoms with Gasteiger partial charge in [0.05, 0.1) is 0 Å². The summed E-state index contributed by atoms with van der Waals surface area (Å²) >= 11 is 0. The van der Waals surface area contributed by atoms with Crippen molar-refractivity contribution in [2.75, 3.05) is 0 Å². The van der Waals surface area contributed by atoms with E-state index >= 15 is 0 Å². The SMILES string of the molecule is C1=C[C@H]2CCCCC2C1.CC.CC.CC. The molecule has 0 amide bonds. The number of fused-ring (bicyclic) bond motifs is 1. The van der Waals surface area contributed by atoms with Crippen molar-refractivity contribution in [2.24, 2.45) is 11.8 Å². The van der Waals surface area contributed by atoms with E-state index < -0.39 is 0 Å². The molecule has 1 unspecified atom stereocenters. The molecule has 2 aliphatic rings. The fraction of sp³-hybridized carbons (Fsp3) is 0.867. The Morgan fingerprint density at radius 1 is 0.800 bits per heavy atom. The third kappa shape index (κ3) is 6.76. The largest absolute Gasteiger partial charge is 0.0880 e. The highest BCUT2D eigenvalue weighted by Gasteiger charge is 2.24. The zero-order chi connectivity index (χ0) is 12.1. The molecule has 0 aromatic rings. The Bertz CT molecular complexity index is 124. The maximum absolute atomic E-state index is 2.43. The molecular weight excluding hydrogens is 180 g/mol. The normalized spacial score (nSPS) is 25.7. The van der Waals surface area contributed by atoms with Gasteiger partial charge in [-0.15, -0.1) is 0 Å². The van der Waals surface area contributed by atoms with Gasteiger partial charge in [-0.05, 0) is 31.1 Å². The standard InChI is InChI=1S/C9H14.3C2H6/c1-2-5-9-7-3-6-8(9)4-1;3*1-2/h3,6,8-9H,1-2,4-5,7H2;3*1-2H3/t8-,9?;;;/m1.../s1. The van der Waals surface area contributed by atoms with Crippen molar-refractivity contribution in [3.63, 3.8) is 0 Å². The minimum Gasteiger partial charge on any atom is -0.0880 e. The molecule has 0 saturated heterocycles. The maximum atomic E-state index is 2.43. The molecule has 1 saturated carbocycles. The van der Waals surface area contributed by atoms with Gasteiger partial charge in [-0.25, -0.2) is 0 Å². The molecular formula is C15H32. The van der Waals surface area contributed by atoms with Crippen LogP contribution in [0, 0.1) is 11.8 Å². The first-order chi connectivity index (χ1) is 7.47. The van der Waals surface area contributed by atoms with Crippen molar-refractivity contribution < 1.29 is 0 Å². The van der Waals surface area contributed by atoms with Crippen LogP contribution in [0.3, 0.4) is 0 Å². The van der Waals surface area contributed by atoms with Gasteiger partial charge < -0.3 is 0 Å². The van der Waals surface area contributed by atoms with E-state index in [1.54, 1.807) is 0 Å². The van der Waals surface area contributed by atoms with Crippen LogP contribution < -0.4 is 0 Å². The smallest absolute Gasteiger partial charge is 0.0202 e. The van der Waals surface area contributed by atoms with Gasteiger partial charge in [-0.2, -0.15) is 0 Å². The van der Waals surface area contributed by atoms with E-state index in [0.29, 0.717) is 0 Å². The van der Waals surface area contributed by atoms with E-state index in [0.717, 1.165) is 11.8 Å². The molecule has 0 N–H and O–H groups in total. The van der Waals surface area contributed by atoms with E-state index in [2.05, 4.69) is 12.2 Å². The highest BCUT2D eigenvalue weighted by molar-refractivity contribution is 5.02. The summed E-state index contributed by atoms with van der Waals surface area (Å²) in [5.74, 6) is 2.04. The molecule has 1 fully saturated rings. The van der Waals surface area contributed by atoms with Crippen LogP contribution in [-0.4, -0.2) is 0 Å².